The van der Waals surface area contributed by atoms with Crippen molar-refractivity contribution in [3.05, 3.63) is 59.1 Å². The summed E-state index contributed by atoms with van der Waals surface area (Å²) in [5.41, 5.74) is 8.39. The Hall–Kier alpha value is -3.06. The highest BCUT2D eigenvalue weighted by Crippen LogP contribution is 2.33. The molecule has 0 saturated carbocycles. The third-order valence-electron chi connectivity index (χ3n) is 6.41. The number of hydrogen-bond donors (Lipinski definition) is 1. The second kappa shape index (κ2) is 10.3. The number of carbonyl (C=O) groups excluding carboxylic acids is 1. The molecule has 1 aliphatic heterocycles. The first-order chi connectivity index (χ1) is 16.0. The molecule has 0 aliphatic carbocycles. The van der Waals surface area contributed by atoms with Gasteiger partial charge in [0.2, 0.25) is 5.91 Å². The number of halogens is 1. The van der Waals surface area contributed by atoms with Crippen molar-refractivity contribution in [1.29, 1.82) is 0 Å². The average Bonchev–Trinajstić information content (AvgIpc) is 3.24. The molecule has 1 amide bonds. The summed E-state index contributed by atoms with van der Waals surface area (Å²) in [4.78, 5) is 14.3. The van der Waals surface area contributed by atoms with E-state index in [9.17, 15) is 9.18 Å². The average molecular weight is 455 g/mol. The van der Waals surface area contributed by atoms with Crippen LogP contribution in [0.5, 0.6) is 11.5 Å². The van der Waals surface area contributed by atoms with Crippen molar-refractivity contribution >= 4 is 16.9 Å². The third-order valence-corrected chi connectivity index (χ3v) is 6.41. The number of carbonyl (C=O) groups is 1. The zero-order valence-electron chi connectivity index (χ0n) is 19.2. The monoisotopic (exact) mass is 454 g/mol. The largest absolute Gasteiger partial charge is 0.493 e. The fourth-order valence-electron chi connectivity index (χ4n) is 4.65. The number of nitrogens with two attached hydrogens (primary N) is 1. The zero-order valence-corrected chi connectivity index (χ0v) is 19.2. The van der Waals surface area contributed by atoms with E-state index >= 15 is 0 Å². The van der Waals surface area contributed by atoms with Gasteiger partial charge in [0.1, 0.15) is 6.61 Å². The lowest BCUT2D eigenvalue weighted by atomic mass is 9.95. The molecular formula is C26H31FN2O4. The lowest BCUT2D eigenvalue weighted by Gasteiger charge is -2.35. The summed E-state index contributed by atoms with van der Waals surface area (Å²) >= 11 is 0. The van der Waals surface area contributed by atoms with Gasteiger partial charge in [-0.15, -0.1) is 0 Å². The fraction of sp³-hybridized carbons (Fsp3) is 0.423. The van der Waals surface area contributed by atoms with Gasteiger partial charge in [0.25, 0.3) is 0 Å². The molecule has 1 atom stereocenters. The van der Waals surface area contributed by atoms with Crippen molar-refractivity contribution < 1.29 is 23.1 Å². The maximum absolute atomic E-state index is 14.3. The van der Waals surface area contributed by atoms with E-state index in [0.717, 1.165) is 61.1 Å². The van der Waals surface area contributed by atoms with Crippen LogP contribution in [0.3, 0.4) is 0 Å². The number of furan rings is 1. The third kappa shape index (κ3) is 4.83. The van der Waals surface area contributed by atoms with Gasteiger partial charge in [0.05, 0.1) is 13.4 Å². The van der Waals surface area contributed by atoms with Gasteiger partial charge in [-0.3, -0.25) is 9.69 Å². The van der Waals surface area contributed by atoms with E-state index in [1.165, 1.54) is 12.1 Å². The van der Waals surface area contributed by atoms with Crippen molar-refractivity contribution in [2.45, 2.75) is 45.1 Å². The summed E-state index contributed by atoms with van der Waals surface area (Å²) in [6, 6.07) is 8.68. The highest BCUT2D eigenvalue weighted by molar-refractivity contribution is 5.95. The second-order valence-corrected chi connectivity index (χ2v) is 8.53. The molecule has 0 fully saturated rings. The molecule has 0 spiro atoms. The maximum Gasteiger partial charge on any atom is 0.249 e. The molecule has 0 radical (unpaired) electrons. The van der Waals surface area contributed by atoms with E-state index in [0.29, 0.717) is 24.2 Å². The normalized spacial score (nSPS) is 15.5. The van der Waals surface area contributed by atoms with E-state index in [1.807, 2.05) is 18.4 Å². The molecule has 176 valence electrons. The van der Waals surface area contributed by atoms with Crippen LogP contribution in [0.1, 0.15) is 47.7 Å². The van der Waals surface area contributed by atoms with Crippen LogP contribution in [0, 0.1) is 5.82 Å². The first kappa shape index (κ1) is 23.1. The van der Waals surface area contributed by atoms with Gasteiger partial charge in [0, 0.05) is 22.6 Å². The van der Waals surface area contributed by atoms with Gasteiger partial charge in [0.15, 0.2) is 22.9 Å². The number of amides is 1. The van der Waals surface area contributed by atoms with Crippen LogP contribution >= 0.6 is 0 Å². The van der Waals surface area contributed by atoms with Crippen LogP contribution in [-0.2, 0) is 12.8 Å². The van der Waals surface area contributed by atoms with Gasteiger partial charge >= 0.3 is 0 Å². The number of primary amides is 1. The van der Waals surface area contributed by atoms with Crippen molar-refractivity contribution in [2.24, 2.45) is 5.73 Å². The number of rotatable bonds is 10. The summed E-state index contributed by atoms with van der Waals surface area (Å²) in [5.74, 6) is -0.107. The molecule has 1 unspecified atom stereocenters. The number of hydrogen-bond acceptors (Lipinski definition) is 5. The van der Waals surface area contributed by atoms with Crippen molar-refractivity contribution in [3.63, 3.8) is 0 Å². The zero-order chi connectivity index (χ0) is 23.4. The Bertz CT molecular complexity index is 1130. The summed E-state index contributed by atoms with van der Waals surface area (Å²) in [7, 11) is 1.64. The lowest BCUT2D eigenvalue weighted by molar-refractivity contribution is 0.0983. The topological polar surface area (TPSA) is 77.9 Å². The number of nitrogens with zero attached hydrogens (tertiary/aromatic N) is 1. The Kier molecular flexibility index (Phi) is 7.18. The van der Waals surface area contributed by atoms with Gasteiger partial charge in [-0.05, 0) is 62.5 Å². The molecule has 4 rings (SSSR count). The van der Waals surface area contributed by atoms with E-state index < -0.39 is 11.7 Å². The summed E-state index contributed by atoms with van der Waals surface area (Å²) in [5, 5.41) is 1.07. The number of unbranched alkanes of at least 4 members (excludes halogenated alkanes) is 1. The van der Waals surface area contributed by atoms with Crippen LogP contribution in [0.15, 0.2) is 41.0 Å². The molecule has 6 nitrogen and oxygen atoms in total. The van der Waals surface area contributed by atoms with Gasteiger partial charge in [-0.2, -0.15) is 0 Å². The Labute approximate surface area is 193 Å². The second-order valence-electron chi connectivity index (χ2n) is 8.53. The minimum Gasteiger partial charge on any atom is -0.493 e. The molecule has 3 aromatic rings. The molecule has 0 saturated heterocycles. The van der Waals surface area contributed by atoms with Crippen molar-refractivity contribution in [3.8, 4) is 11.5 Å². The Morgan fingerprint density at radius 3 is 2.82 bits per heavy atom. The Balaban J connectivity index is 1.47. The Morgan fingerprint density at radius 2 is 2.06 bits per heavy atom. The number of benzene rings is 2. The minimum atomic E-state index is -0.558. The Morgan fingerprint density at radius 1 is 1.24 bits per heavy atom. The molecule has 2 N–H and O–H groups in total. The van der Waals surface area contributed by atoms with Crippen LogP contribution in [-0.4, -0.2) is 43.7 Å². The lowest BCUT2D eigenvalue weighted by Crippen LogP contribution is -2.45. The number of aryl methyl sites for hydroxylation is 1. The first-order valence-corrected chi connectivity index (χ1v) is 11.5. The van der Waals surface area contributed by atoms with Crippen LogP contribution in [0.2, 0.25) is 0 Å². The first-order valence-electron chi connectivity index (χ1n) is 11.5. The van der Waals surface area contributed by atoms with E-state index in [1.54, 1.807) is 7.11 Å². The molecule has 2 heterocycles. The van der Waals surface area contributed by atoms with E-state index in [-0.39, 0.29) is 11.8 Å². The smallest absolute Gasteiger partial charge is 0.249 e. The predicted octanol–water partition coefficient (Wildman–Crippen LogP) is 4.72. The molecule has 1 aromatic heterocycles. The summed E-state index contributed by atoms with van der Waals surface area (Å²) in [6.07, 6.45) is 6.29. The number of para-hydroxylation sites is 1. The van der Waals surface area contributed by atoms with Crippen LogP contribution < -0.4 is 15.2 Å². The molecule has 1 aliphatic rings. The van der Waals surface area contributed by atoms with Crippen molar-refractivity contribution in [1.82, 2.24) is 4.90 Å². The van der Waals surface area contributed by atoms with Crippen LogP contribution in [0.4, 0.5) is 4.39 Å². The molecule has 2 aromatic carbocycles. The minimum absolute atomic E-state index is 0.0603. The highest BCUT2D eigenvalue weighted by Gasteiger charge is 2.30. The van der Waals surface area contributed by atoms with Crippen molar-refractivity contribution in [2.75, 3.05) is 26.8 Å². The molecule has 0 bridgehead atoms. The standard InChI is InChI=1S/C26H31FN2O4/c1-3-4-12-29(13-6-7-17-15-32-25-19(17)8-5-9-23(25)31-2)18-14-21-20(26(28)30)10-11-22(27)24(21)33-16-18/h5,8-11,15,18H,3-4,6-7,12-14,16H2,1-2H3,(H2,28,30). The van der Waals surface area contributed by atoms with E-state index in [2.05, 4.69) is 17.9 Å². The highest BCUT2D eigenvalue weighted by atomic mass is 19.1. The number of methoxy groups -OCH3 is 1. The molecule has 7 heteroatoms. The van der Waals surface area contributed by atoms with E-state index in [4.69, 9.17) is 19.6 Å². The SMILES string of the molecule is CCCCN(CCCc1coc2c(OC)cccc12)C1COc2c(F)ccc(C(N)=O)c2C1. The molecular weight excluding hydrogens is 423 g/mol. The van der Waals surface area contributed by atoms with Gasteiger partial charge in [-0.1, -0.05) is 25.5 Å². The van der Waals surface area contributed by atoms with Gasteiger partial charge in [-0.25, -0.2) is 4.39 Å². The predicted molar refractivity (Wildman–Crippen MR) is 125 cm³/mol. The quantitative estimate of drug-likeness (QED) is 0.480. The fourth-order valence-corrected chi connectivity index (χ4v) is 4.65. The number of fused-ring (bicyclic) bond motifs is 2. The van der Waals surface area contributed by atoms with Gasteiger partial charge < -0.3 is 19.6 Å². The molecule has 33 heavy (non-hydrogen) atoms. The maximum atomic E-state index is 14.3. The summed E-state index contributed by atoms with van der Waals surface area (Å²) in [6.45, 7) is 4.33. The summed E-state index contributed by atoms with van der Waals surface area (Å²) < 4.78 is 31.2. The number of ether oxygens (including phenoxy) is 2. The van der Waals surface area contributed by atoms with Crippen LogP contribution in [0.25, 0.3) is 11.0 Å².